The van der Waals surface area contributed by atoms with Gasteiger partial charge in [-0.1, -0.05) is 6.07 Å². The second-order valence-electron chi connectivity index (χ2n) is 3.96. The highest BCUT2D eigenvalue weighted by Crippen LogP contribution is 2.27. The zero-order valence-corrected chi connectivity index (χ0v) is 9.63. The zero-order valence-electron chi connectivity index (χ0n) is 9.63. The van der Waals surface area contributed by atoms with Gasteiger partial charge in [0.25, 0.3) is 5.91 Å². The van der Waals surface area contributed by atoms with Crippen molar-refractivity contribution >= 4 is 11.9 Å². The minimum absolute atomic E-state index is 0.00340. The van der Waals surface area contributed by atoms with Gasteiger partial charge < -0.3 is 9.64 Å². The van der Waals surface area contributed by atoms with Gasteiger partial charge in [-0.25, -0.2) is 0 Å². The number of rotatable bonds is 4. The first-order valence-corrected chi connectivity index (χ1v) is 5.51. The first-order chi connectivity index (χ1) is 8.22. The molecular formula is C12H14N2O3. The van der Waals surface area contributed by atoms with Gasteiger partial charge in [-0.15, -0.1) is 0 Å². The van der Waals surface area contributed by atoms with Crippen molar-refractivity contribution in [2.24, 2.45) is 0 Å². The van der Waals surface area contributed by atoms with E-state index in [4.69, 9.17) is 0 Å². The van der Waals surface area contributed by atoms with Crippen LogP contribution in [-0.2, 0) is 9.53 Å². The van der Waals surface area contributed by atoms with Crippen molar-refractivity contribution in [1.29, 1.82) is 0 Å². The molecule has 1 aliphatic rings. The van der Waals surface area contributed by atoms with E-state index in [0.29, 0.717) is 5.69 Å². The van der Waals surface area contributed by atoms with Crippen LogP contribution in [0.2, 0.25) is 0 Å². The highest BCUT2D eigenvalue weighted by molar-refractivity contribution is 5.94. The molecule has 1 heterocycles. The summed E-state index contributed by atoms with van der Waals surface area (Å²) >= 11 is 0. The molecular weight excluding hydrogens is 220 g/mol. The van der Waals surface area contributed by atoms with Crippen LogP contribution in [0.25, 0.3) is 0 Å². The van der Waals surface area contributed by atoms with Crippen molar-refractivity contribution in [1.82, 2.24) is 9.88 Å². The number of hydrogen-bond donors (Lipinski definition) is 0. The number of amides is 1. The molecule has 0 atom stereocenters. The van der Waals surface area contributed by atoms with Crippen molar-refractivity contribution in [3.63, 3.8) is 0 Å². The molecule has 1 fully saturated rings. The molecule has 0 spiro atoms. The van der Waals surface area contributed by atoms with E-state index in [-0.39, 0.29) is 18.5 Å². The number of carbonyl (C=O) groups is 2. The Kier molecular flexibility index (Phi) is 3.37. The molecule has 0 unspecified atom stereocenters. The quantitative estimate of drug-likeness (QED) is 0.725. The third-order valence-electron chi connectivity index (χ3n) is 2.66. The van der Waals surface area contributed by atoms with Crippen molar-refractivity contribution in [3.05, 3.63) is 30.1 Å². The minimum Gasteiger partial charge on any atom is -0.468 e. The maximum absolute atomic E-state index is 12.1. The Balaban J connectivity index is 2.11. The van der Waals surface area contributed by atoms with Crippen LogP contribution in [0.3, 0.4) is 0 Å². The van der Waals surface area contributed by atoms with Crippen LogP contribution in [0.5, 0.6) is 0 Å². The van der Waals surface area contributed by atoms with Gasteiger partial charge in [0.2, 0.25) is 0 Å². The van der Waals surface area contributed by atoms with Gasteiger partial charge in [-0.3, -0.25) is 14.6 Å². The molecule has 17 heavy (non-hydrogen) atoms. The standard InChI is InChI=1S/C12H14N2O3/c1-17-11(15)8-14(9-5-6-9)12(16)10-4-2-3-7-13-10/h2-4,7,9H,5-6,8H2,1H3. The molecule has 0 N–H and O–H groups in total. The monoisotopic (exact) mass is 234 g/mol. The molecule has 5 heteroatoms. The fourth-order valence-corrected chi connectivity index (χ4v) is 1.59. The number of pyridine rings is 1. The third kappa shape index (κ3) is 2.81. The van der Waals surface area contributed by atoms with Gasteiger partial charge in [-0.05, 0) is 25.0 Å². The molecule has 5 nitrogen and oxygen atoms in total. The number of aromatic nitrogens is 1. The number of hydrogen-bond acceptors (Lipinski definition) is 4. The lowest BCUT2D eigenvalue weighted by atomic mass is 10.3. The average molecular weight is 234 g/mol. The Hall–Kier alpha value is -1.91. The van der Waals surface area contributed by atoms with Gasteiger partial charge in [0.1, 0.15) is 12.2 Å². The minimum atomic E-state index is -0.402. The Morgan fingerprint density at radius 2 is 2.24 bits per heavy atom. The van der Waals surface area contributed by atoms with Gasteiger partial charge in [-0.2, -0.15) is 0 Å². The summed E-state index contributed by atoms with van der Waals surface area (Å²) in [5.41, 5.74) is 0.364. The summed E-state index contributed by atoms with van der Waals surface area (Å²) in [6, 6.07) is 5.31. The first kappa shape index (κ1) is 11.6. The van der Waals surface area contributed by atoms with Crippen molar-refractivity contribution in [2.45, 2.75) is 18.9 Å². The topological polar surface area (TPSA) is 59.5 Å². The number of methoxy groups -OCH3 is 1. The average Bonchev–Trinajstić information content (AvgIpc) is 3.20. The van der Waals surface area contributed by atoms with Crippen molar-refractivity contribution < 1.29 is 14.3 Å². The molecule has 1 amide bonds. The number of esters is 1. The number of nitrogens with zero attached hydrogens (tertiary/aromatic N) is 2. The first-order valence-electron chi connectivity index (χ1n) is 5.51. The number of carbonyl (C=O) groups excluding carboxylic acids is 2. The van der Waals surface area contributed by atoms with E-state index in [0.717, 1.165) is 12.8 Å². The molecule has 1 aromatic rings. The third-order valence-corrected chi connectivity index (χ3v) is 2.66. The SMILES string of the molecule is COC(=O)CN(C(=O)c1ccccn1)C1CC1. The molecule has 1 aliphatic carbocycles. The molecule has 0 saturated heterocycles. The van der Waals surface area contributed by atoms with Crippen LogP contribution >= 0.6 is 0 Å². The molecule has 90 valence electrons. The molecule has 1 aromatic heterocycles. The smallest absolute Gasteiger partial charge is 0.325 e. The van der Waals surface area contributed by atoms with Crippen LogP contribution in [0.1, 0.15) is 23.3 Å². The molecule has 0 radical (unpaired) electrons. The predicted octanol–water partition coefficient (Wildman–Crippen LogP) is 0.859. The fourth-order valence-electron chi connectivity index (χ4n) is 1.59. The summed E-state index contributed by atoms with van der Waals surface area (Å²) < 4.78 is 4.59. The summed E-state index contributed by atoms with van der Waals surface area (Å²) in [4.78, 5) is 28.9. The fraction of sp³-hybridized carbons (Fsp3) is 0.417. The van der Waals surface area contributed by atoms with E-state index in [1.165, 1.54) is 12.0 Å². The normalized spacial score (nSPS) is 14.2. The van der Waals surface area contributed by atoms with Crippen molar-refractivity contribution in [3.8, 4) is 0 Å². The van der Waals surface area contributed by atoms with Gasteiger partial charge in [0.05, 0.1) is 7.11 Å². The zero-order chi connectivity index (χ0) is 12.3. The van der Waals surface area contributed by atoms with Gasteiger partial charge >= 0.3 is 5.97 Å². The van der Waals surface area contributed by atoms with Crippen molar-refractivity contribution in [2.75, 3.05) is 13.7 Å². The van der Waals surface area contributed by atoms with E-state index in [9.17, 15) is 9.59 Å². The van der Waals surface area contributed by atoms with Crippen LogP contribution in [0.4, 0.5) is 0 Å². The molecule has 0 bridgehead atoms. The lowest BCUT2D eigenvalue weighted by Crippen LogP contribution is -2.38. The summed E-state index contributed by atoms with van der Waals surface area (Å²) in [5, 5.41) is 0. The maximum Gasteiger partial charge on any atom is 0.325 e. The van der Waals surface area contributed by atoms with E-state index in [2.05, 4.69) is 9.72 Å². The molecule has 2 rings (SSSR count). The van der Waals surface area contributed by atoms with Crippen LogP contribution in [-0.4, -0.2) is 41.5 Å². The van der Waals surface area contributed by atoms with E-state index < -0.39 is 5.97 Å². The van der Waals surface area contributed by atoms with Crippen LogP contribution in [0, 0.1) is 0 Å². The van der Waals surface area contributed by atoms with E-state index in [1.807, 2.05) is 0 Å². The Labute approximate surface area is 99.4 Å². The Morgan fingerprint density at radius 1 is 1.47 bits per heavy atom. The highest BCUT2D eigenvalue weighted by Gasteiger charge is 2.34. The Morgan fingerprint density at radius 3 is 2.76 bits per heavy atom. The summed E-state index contributed by atoms with van der Waals surface area (Å²) in [7, 11) is 1.32. The second-order valence-corrected chi connectivity index (χ2v) is 3.96. The highest BCUT2D eigenvalue weighted by atomic mass is 16.5. The molecule has 1 saturated carbocycles. The summed E-state index contributed by atoms with van der Waals surface area (Å²) in [5.74, 6) is -0.611. The largest absolute Gasteiger partial charge is 0.468 e. The lowest BCUT2D eigenvalue weighted by Gasteiger charge is -2.20. The number of ether oxygens (including phenoxy) is 1. The van der Waals surface area contributed by atoms with Gasteiger partial charge in [0, 0.05) is 12.2 Å². The summed E-state index contributed by atoms with van der Waals surface area (Å²) in [6.07, 6.45) is 3.45. The molecule has 0 aromatic carbocycles. The Bertz CT molecular complexity index is 415. The molecule has 0 aliphatic heterocycles. The van der Waals surface area contributed by atoms with Crippen LogP contribution in [0.15, 0.2) is 24.4 Å². The van der Waals surface area contributed by atoms with E-state index >= 15 is 0 Å². The van der Waals surface area contributed by atoms with E-state index in [1.54, 1.807) is 24.4 Å². The second kappa shape index (κ2) is 4.95. The van der Waals surface area contributed by atoms with Gasteiger partial charge in [0.15, 0.2) is 0 Å². The van der Waals surface area contributed by atoms with Crippen LogP contribution < -0.4 is 0 Å². The lowest BCUT2D eigenvalue weighted by molar-refractivity contribution is -0.141. The maximum atomic E-state index is 12.1. The summed E-state index contributed by atoms with van der Waals surface area (Å²) in [6.45, 7) is -0.00340. The predicted molar refractivity (Wildman–Crippen MR) is 60.3 cm³/mol.